The minimum atomic E-state index is -4.52. The lowest BCUT2D eigenvalue weighted by molar-refractivity contribution is -0.137. The maximum absolute atomic E-state index is 14.7. The largest absolute Gasteiger partial charge is 0.481 e. The van der Waals surface area contributed by atoms with E-state index in [0.717, 1.165) is 6.07 Å². The van der Waals surface area contributed by atoms with E-state index in [9.17, 15) is 26.7 Å². The van der Waals surface area contributed by atoms with Gasteiger partial charge in [0.2, 0.25) is 11.8 Å². The number of aliphatic imine (C=N–C) groups is 1. The lowest BCUT2D eigenvalue weighted by Crippen LogP contribution is -2.31. The van der Waals surface area contributed by atoms with E-state index in [0.29, 0.717) is 23.3 Å². The van der Waals surface area contributed by atoms with E-state index in [1.54, 1.807) is 25.1 Å². The van der Waals surface area contributed by atoms with Gasteiger partial charge in [-0.2, -0.15) is 13.2 Å². The zero-order valence-corrected chi connectivity index (χ0v) is 22.6. The van der Waals surface area contributed by atoms with Crippen LogP contribution in [-0.2, 0) is 11.0 Å². The van der Waals surface area contributed by atoms with Crippen LogP contribution < -0.4 is 15.8 Å². The molecule has 40 heavy (non-hydrogen) atoms. The van der Waals surface area contributed by atoms with Gasteiger partial charge in [-0.1, -0.05) is 13.0 Å². The van der Waals surface area contributed by atoms with Crippen molar-refractivity contribution in [3.8, 4) is 5.88 Å². The van der Waals surface area contributed by atoms with Gasteiger partial charge in [0.1, 0.15) is 5.82 Å². The number of aromatic nitrogens is 2. The fourth-order valence-electron chi connectivity index (χ4n) is 4.92. The number of carbonyl (C=O) groups is 1. The first-order chi connectivity index (χ1) is 18.8. The molecule has 0 aliphatic heterocycles. The molecule has 2 unspecified atom stereocenters. The predicted octanol–water partition coefficient (Wildman–Crippen LogP) is 6.02. The van der Waals surface area contributed by atoms with Gasteiger partial charge in [-0.3, -0.25) is 9.79 Å². The van der Waals surface area contributed by atoms with Gasteiger partial charge in [-0.05, 0) is 49.3 Å². The average Bonchev–Trinajstić information content (AvgIpc) is 2.96. The third-order valence-corrected chi connectivity index (χ3v) is 7.14. The quantitative estimate of drug-likeness (QED) is 0.230. The average molecular weight is 568 g/mol. The van der Waals surface area contributed by atoms with E-state index in [4.69, 9.17) is 10.5 Å². The molecule has 2 heterocycles. The van der Waals surface area contributed by atoms with Gasteiger partial charge in [0.05, 0.1) is 24.1 Å². The second kappa shape index (κ2) is 13.2. The molecule has 1 aliphatic carbocycles. The Labute approximate surface area is 230 Å². The number of anilines is 1. The molecule has 2 aromatic heterocycles. The van der Waals surface area contributed by atoms with Crippen LogP contribution in [-0.4, -0.2) is 48.6 Å². The molecule has 0 radical (unpaired) electrons. The molecule has 12 heteroatoms. The van der Waals surface area contributed by atoms with Crippen molar-refractivity contribution in [2.45, 2.75) is 51.1 Å². The van der Waals surface area contributed by atoms with Crippen LogP contribution in [0.15, 0.2) is 47.2 Å². The van der Waals surface area contributed by atoms with E-state index in [-0.39, 0.29) is 50.2 Å². The van der Waals surface area contributed by atoms with E-state index in [1.165, 1.54) is 26.4 Å². The fourth-order valence-corrected chi connectivity index (χ4v) is 4.92. The van der Waals surface area contributed by atoms with E-state index in [2.05, 4.69) is 20.3 Å². The van der Waals surface area contributed by atoms with E-state index < -0.39 is 41.2 Å². The Balaban J connectivity index is 1.89. The van der Waals surface area contributed by atoms with Gasteiger partial charge in [0.25, 0.3) is 0 Å². The summed E-state index contributed by atoms with van der Waals surface area (Å²) >= 11 is 0. The molecule has 0 bridgehead atoms. The van der Waals surface area contributed by atoms with Crippen molar-refractivity contribution in [1.82, 2.24) is 9.97 Å². The monoisotopic (exact) mass is 567 g/mol. The third kappa shape index (κ3) is 8.22. The number of carbonyl (C=O) groups excluding carboxylic acids is 1. The number of alkyl halides is 5. The summed E-state index contributed by atoms with van der Waals surface area (Å²) in [5.41, 5.74) is 6.08. The molecule has 0 spiro atoms. The van der Waals surface area contributed by atoms with Crippen molar-refractivity contribution >= 4 is 23.4 Å². The van der Waals surface area contributed by atoms with Gasteiger partial charge in [0, 0.05) is 56.4 Å². The molecule has 3 atom stereocenters. The van der Waals surface area contributed by atoms with Crippen LogP contribution in [0.25, 0.3) is 5.57 Å². The van der Waals surface area contributed by atoms with Crippen molar-refractivity contribution < 1.29 is 31.5 Å². The van der Waals surface area contributed by atoms with E-state index in [1.807, 2.05) is 0 Å². The van der Waals surface area contributed by atoms with Crippen LogP contribution in [0.3, 0.4) is 0 Å². The second-order valence-corrected chi connectivity index (χ2v) is 10.1. The van der Waals surface area contributed by atoms with Gasteiger partial charge in [0.15, 0.2) is 5.78 Å². The number of nitrogens with two attached hydrogens (primary N) is 1. The highest BCUT2D eigenvalue weighted by molar-refractivity contribution is 6.18. The number of nitrogens with one attached hydrogen (secondary N) is 1. The lowest BCUT2D eigenvalue weighted by Gasteiger charge is -2.29. The third-order valence-electron chi connectivity index (χ3n) is 7.14. The molecule has 1 fully saturated rings. The van der Waals surface area contributed by atoms with Crippen LogP contribution in [0.1, 0.15) is 50.3 Å². The van der Waals surface area contributed by atoms with Gasteiger partial charge >= 0.3 is 6.18 Å². The first kappa shape index (κ1) is 31.0. The zero-order chi connectivity index (χ0) is 29.5. The Morgan fingerprint density at radius 1 is 1.27 bits per heavy atom. The summed E-state index contributed by atoms with van der Waals surface area (Å²) < 4.78 is 73.2. The molecule has 1 aliphatic rings. The number of Topliss-reactive ketones (excluding diaryl/α,β-unsaturated/α-hetero) is 1. The number of ether oxygens (including phenoxy) is 1. The first-order valence-electron chi connectivity index (χ1n) is 13.0. The number of methoxy groups -OCH3 is 1. The Kier molecular flexibility index (Phi) is 10.2. The molecule has 218 valence electrons. The maximum Gasteiger partial charge on any atom is 0.417 e. The predicted molar refractivity (Wildman–Crippen MR) is 143 cm³/mol. The van der Waals surface area contributed by atoms with Gasteiger partial charge in [-0.15, -0.1) is 0 Å². The summed E-state index contributed by atoms with van der Waals surface area (Å²) in [6.07, 6.45) is -2.50. The number of hydrogen-bond acceptors (Lipinski definition) is 7. The van der Waals surface area contributed by atoms with Crippen molar-refractivity contribution in [3.05, 3.63) is 53.5 Å². The summed E-state index contributed by atoms with van der Waals surface area (Å²) in [5.74, 6) is -4.36. The number of rotatable bonds is 8. The SMILES string of the molecule is CN=CC(=C(N)C(=O)C1CCCC(F)(F)C[C@@H](C)C(CNc2ccc(C(F)(F)F)cn2)C1)c1cccc(OC)n1. The van der Waals surface area contributed by atoms with Crippen molar-refractivity contribution in [1.29, 1.82) is 0 Å². The van der Waals surface area contributed by atoms with Crippen LogP contribution in [0.2, 0.25) is 0 Å². The van der Waals surface area contributed by atoms with E-state index >= 15 is 0 Å². The molecule has 3 rings (SSSR count). The number of hydrogen-bond donors (Lipinski definition) is 2. The van der Waals surface area contributed by atoms with Crippen LogP contribution in [0.4, 0.5) is 27.8 Å². The Hall–Kier alpha value is -3.57. The minimum absolute atomic E-state index is 0.0777. The highest BCUT2D eigenvalue weighted by Crippen LogP contribution is 2.39. The molecular formula is C28H34F5N5O2. The minimum Gasteiger partial charge on any atom is -0.481 e. The highest BCUT2D eigenvalue weighted by atomic mass is 19.4. The van der Waals surface area contributed by atoms with Crippen LogP contribution in [0, 0.1) is 17.8 Å². The summed E-state index contributed by atoms with van der Waals surface area (Å²) in [7, 11) is 2.99. The molecule has 2 aromatic rings. The number of pyridine rings is 2. The van der Waals surface area contributed by atoms with Crippen molar-refractivity contribution in [2.75, 3.05) is 26.0 Å². The molecule has 0 amide bonds. The molecule has 0 saturated heterocycles. The highest BCUT2D eigenvalue weighted by Gasteiger charge is 2.38. The second-order valence-electron chi connectivity index (χ2n) is 10.1. The number of halogens is 5. The standard InChI is InChI=1S/C28H34F5N5O2/c1-17-13-27(29,30)11-5-6-18(12-19(17)14-36-23-10-9-20(15-37-23)28(31,32)33)26(39)25(34)21(16-35-2)22-7-4-8-24(38-22)40-3/h4,7-10,15-19H,5-6,11-14,34H2,1-3H3,(H,36,37)/t17-,18?,19?/m1/s1. The lowest BCUT2D eigenvalue weighted by atomic mass is 9.80. The van der Waals surface area contributed by atoms with Crippen molar-refractivity contribution in [2.24, 2.45) is 28.5 Å². The smallest absolute Gasteiger partial charge is 0.417 e. The Bertz CT molecular complexity index is 1210. The maximum atomic E-state index is 14.7. The fraction of sp³-hybridized carbons (Fsp3) is 0.500. The Morgan fingerprint density at radius 2 is 2.02 bits per heavy atom. The van der Waals surface area contributed by atoms with Gasteiger partial charge in [-0.25, -0.2) is 18.7 Å². The summed E-state index contributed by atoms with van der Waals surface area (Å²) in [5, 5.41) is 2.97. The normalized spacial score (nSPS) is 22.6. The zero-order valence-electron chi connectivity index (χ0n) is 22.6. The summed E-state index contributed by atoms with van der Waals surface area (Å²) in [4.78, 5) is 25.9. The molecular weight excluding hydrogens is 533 g/mol. The molecule has 7 nitrogen and oxygen atoms in total. The Morgan fingerprint density at radius 3 is 2.65 bits per heavy atom. The van der Waals surface area contributed by atoms with Gasteiger partial charge < -0.3 is 15.8 Å². The van der Waals surface area contributed by atoms with Crippen LogP contribution in [0.5, 0.6) is 5.88 Å². The topological polar surface area (TPSA) is 102 Å². The molecule has 3 N–H and O–H groups in total. The first-order valence-corrected chi connectivity index (χ1v) is 13.0. The molecule has 1 saturated carbocycles. The summed E-state index contributed by atoms with van der Waals surface area (Å²) in [6.45, 7) is 1.84. The summed E-state index contributed by atoms with van der Waals surface area (Å²) in [6, 6.07) is 7.10. The van der Waals surface area contributed by atoms with Crippen molar-refractivity contribution in [3.63, 3.8) is 0 Å². The number of allylic oxidation sites excluding steroid dienone is 2. The van der Waals surface area contributed by atoms with Crippen LogP contribution >= 0.6 is 0 Å². The number of nitrogens with zero attached hydrogens (tertiary/aromatic N) is 3. The number of ketones is 1. The molecule has 0 aromatic carbocycles.